The van der Waals surface area contributed by atoms with E-state index in [1.54, 1.807) is 25.3 Å². The van der Waals surface area contributed by atoms with Gasteiger partial charge in [0.1, 0.15) is 0 Å². The Kier molecular flexibility index (Phi) is 7.41. The summed E-state index contributed by atoms with van der Waals surface area (Å²) in [5.74, 6) is 0.739. The second kappa shape index (κ2) is 9.06. The van der Waals surface area contributed by atoms with E-state index >= 15 is 0 Å². The molecule has 7 nitrogen and oxygen atoms in total. The predicted octanol–water partition coefficient (Wildman–Crippen LogP) is -1.04. The number of hydrazine groups is 1. The normalized spacial score (nSPS) is 10.0. The molecule has 0 bridgehead atoms. The fraction of sp³-hybridized carbons (Fsp3) is 0.429. The lowest BCUT2D eigenvalue weighted by molar-refractivity contribution is -0.856. The van der Waals surface area contributed by atoms with Crippen LogP contribution in [0.15, 0.2) is 18.2 Å². The van der Waals surface area contributed by atoms with Crippen LogP contribution in [0.5, 0.6) is 11.5 Å². The Labute approximate surface area is 135 Å². The molecule has 0 unspecified atom stereocenters. The average Bonchev–Trinajstić information content (AvgIpc) is 2.51. The van der Waals surface area contributed by atoms with Crippen LogP contribution in [-0.4, -0.2) is 52.4 Å². The summed E-state index contributed by atoms with van der Waals surface area (Å²) in [6.07, 6.45) is 0. The summed E-state index contributed by atoms with van der Waals surface area (Å²) in [5.41, 5.74) is 5.63. The number of rotatable bonds is 6. The van der Waals surface area contributed by atoms with Crippen LogP contribution in [0.2, 0.25) is 0 Å². The van der Waals surface area contributed by atoms with Crippen molar-refractivity contribution in [2.75, 3.05) is 41.4 Å². The van der Waals surface area contributed by atoms with Gasteiger partial charge in [-0.2, -0.15) is 0 Å². The molecule has 22 heavy (non-hydrogen) atoms. The second-order valence-electron chi connectivity index (χ2n) is 4.86. The first-order chi connectivity index (χ1) is 10.5. The molecule has 0 saturated heterocycles. The number of thiocarbonyl (C=S) groups is 1. The van der Waals surface area contributed by atoms with Crippen LogP contribution in [0.1, 0.15) is 10.4 Å². The third-order valence-electron chi connectivity index (χ3n) is 2.85. The highest BCUT2D eigenvalue weighted by molar-refractivity contribution is 7.80. The SMILES string of the molecule is COc1ccc(C(=O)NNC(=S)NCC[NH+](C)C)cc1OC. The lowest BCUT2D eigenvalue weighted by Crippen LogP contribution is -3.06. The molecule has 122 valence electrons. The molecule has 0 spiro atoms. The molecular formula is C14H23N4O3S+. The maximum Gasteiger partial charge on any atom is 0.269 e. The first-order valence-corrected chi connectivity index (χ1v) is 7.24. The van der Waals surface area contributed by atoms with Crippen LogP contribution in [-0.2, 0) is 0 Å². The molecule has 0 aromatic heterocycles. The molecule has 1 rings (SSSR count). The highest BCUT2D eigenvalue weighted by Crippen LogP contribution is 2.27. The summed E-state index contributed by atoms with van der Waals surface area (Å²) in [6, 6.07) is 4.91. The zero-order valence-electron chi connectivity index (χ0n) is 13.3. The van der Waals surface area contributed by atoms with Gasteiger partial charge in [-0.3, -0.25) is 15.6 Å². The predicted molar refractivity (Wildman–Crippen MR) is 88.4 cm³/mol. The van der Waals surface area contributed by atoms with Crippen LogP contribution in [0.3, 0.4) is 0 Å². The molecular weight excluding hydrogens is 304 g/mol. The van der Waals surface area contributed by atoms with Crippen LogP contribution in [0, 0.1) is 0 Å². The molecule has 0 radical (unpaired) electrons. The molecule has 0 aliphatic carbocycles. The van der Waals surface area contributed by atoms with Crippen molar-refractivity contribution >= 4 is 23.2 Å². The van der Waals surface area contributed by atoms with E-state index < -0.39 is 0 Å². The molecule has 1 aromatic rings. The Morgan fingerprint density at radius 2 is 1.86 bits per heavy atom. The fourth-order valence-electron chi connectivity index (χ4n) is 1.63. The van der Waals surface area contributed by atoms with Gasteiger partial charge in [0.05, 0.1) is 41.4 Å². The Hall–Kier alpha value is -2.06. The third kappa shape index (κ3) is 5.74. The van der Waals surface area contributed by atoms with Crippen LogP contribution in [0.4, 0.5) is 0 Å². The van der Waals surface area contributed by atoms with Crippen molar-refractivity contribution < 1.29 is 19.2 Å². The van der Waals surface area contributed by atoms with Crippen LogP contribution < -0.4 is 30.5 Å². The van der Waals surface area contributed by atoms with Crippen molar-refractivity contribution in [3.05, 3.63) is 23.8 Å². The Morgan fingerprint density at radius 3 is 2.45 bits per heavy atom. The summed E-state index contributed by atoms with van der Waals surface area (Å²) in [5, 5.41) is 3.37. The zero-order chi connectivity index (χ0) is 16.5. The van der Waals surface area contributed by atoms with Gasteiger partial charge in [0, 0.05) is 5.56 Å². The van der Waals surface area contributed by atoms with Gasteiger partial charge >= 0.3 is 0 Å². The molecule has 4 N–H and O–H groups in total. The minimum Gasteiger partial charge on any atom is -0.493 e. The van der Waals surface area contributed by atoms with Gasteiger partial charge in [-0.25, -0.2) is 0 Å². The van der Waals surface area contributed by atoms with Crippen molar-refractivity contribution in [2.45, 2.75) is 0 Å². The molecule has 0 heterocycles. The van der Waals surface area contributed by atoms with E-state index in [1.165, 1.54) is 12.0 Å². The lowest BCUT2D eigenvalue weighted by Gasteiger charge is -2.13. The van der Waals surface area contributed by atoms with Gasteiger partial charge in [-0.05, 0) is 30.4 Å². The zero-order valence-corrected chi connectivity index (χ0v) is 14.1. The van der Waals surface area contributed by atoms with E-state index in [4.69, 9.17) is 21.7 Å². The quantitative estimate of drug-likeness (QED) is 0.395. The minimum absolute atomic E-state index is 0.316. The van der Waals surface area contributed by atoms with Gasteiger partial charge in [-0.15, -0.1) is 0 Å². The second-order valence-corrected chi connectivity index (χ2v) is 5.27. The highest BCUT2D eigenvalue weighted by Gasteiger charge is 2.10. The number of carbonyl (C=O) groups excluding carboxylic acids is 1. The molecule has 0 atom stereocenters. The standard InChI is InChI=1S/C14H22N4O3S/c1-18(2)8-7-15-14(22)17-16-13(19)10-5-6-11(20-3)12(9-10)21-4/h5-6,9H,7-8H2,1-4H3,(H,16,19)(H2,15,17,22)/p+1. The number of hydrogen-bond acceptors (Lipinski definition) is 4. The number of amides is 1. The van der Waals surface area contributed by atoms with E-state index in [1.807, 2.05) is 0 Å². The average molecular weight is 327 g/mol. The van der Waals surface area contributed by atoms with Crippen molar-refractivity contribution in [1.29, 1.82) is 0 Å². The number of ether oxygens (including phenoxy) is 2. The topological polar surface area (TPSA) is 76.1 Å². The van der Waals surface area contributed by atoms with Crippen molar-refractivity contribution in [1.82, 2.24) is 16.2 Å². The number of methoxy groups -OCH3 is 2. The Bertz CT molecular complexity index is 523. The number of benzene rings is 1. The number of likely N-dealkylation sites (N-methyl/N-ethyl adjacent to an activating group) is 1. The number of nitrogens with one attached hydrogen (secondary N) is 4. The van der Waals surface area contributed by atoms with E-state index in [0.29, 0.717) is 22.2 Å². The molecule has 8 heteroatoms. The van der Waals surface area contributed by atoms with E-state index in [0.717, 1.165) is 13.1 Å². The molecule has 1 aromatic carbocycles. The van der Waals surface area contributed by atoms with Crippen molar-refractivity contribution in [3.63, 3.8) is 0 Å². The van der Waals surface area contributed by atoms with E-state index in [-0.39, 0.29) is 5.91 Å². The summed E-state index contributed by atoms with van der Waals surface area (Å²) in [7, 11) is 7.16. The third-order valence-corrected chi connectivity index (χ3v) is 3.09. The van der Waals surface area contributed by atoms with Gasteiger partial charge in [0.25, 0.3) is 5.91 Å². The maximum atomic E-state index is 12.0. The highest BCUT2D eigenvalue weighted by atomic mass is 32.1. The number of quaternary nitrogens is 1. The number of hydrogen-bond donors (Lipinski definition) is 4. The fourth-order valence-corrected chi connectivity index (χ4v) is 1.79. The van der Waals surface area contributed by atoms with Gasteiger partial charge in [0.2, 0.25) is 0 Å². The van der Waals surface area contributed by atoms with Crippen molar-refractivity contribution in [2.24, 2.45) is 0 Å². The summed E-state index contributed by atoms with van der Waals surface area (Å²) < 4.78 is 10.3. The monoisotopic (exact) mass is 327 g/mol. The van der Waals surface area contributed by atoms with Crippen molar-refractivity contribution in [3.8, 4) is 11.5 Å². The van der Waals surface area contributed by atoms with E-state index in [2.05, 4.69) is 30.3 Å². The minimum atomic E-state index is -0.316. The summed E-state index contributed by atoms with van der Waals surface area (Å²) in [4.78, 5) is 13.3. The number of carbonyl (C=O) groups is 1. The summed E-state index contributed by atoms with van der Waals surface area (Å²) >= 11 is 5.07. The first-order valence-electron chi connectivity index (χ1n) is 6.83. The molecule has 0 saturated carbocycles. The van der Waals surface area contributed by atoms with Gasteiger partial charge < -0.3 is 19.7 Å². The maximum absolute atomic E-state index is 12.0. The summed E-state index contributed by atoms with van der Waals surface area (Å²) in [6.45, 7) is 1.64. The molecule has 0 fully saturated rings. The smallest absolute Gasteiger partial charge is 0.269 e. The van der Waals surface area contributed by atoms with Gasteiger partial charge in [-0.1, -0.05) is 0 Å². The van der Waals surface area contributed by atoms with Gasteiger partial charge in [0.15, 0.2) is 16.6 Å². The van der Waals surface area contributed by atoms with Crippen LogP contribution in [0.25, 0.3) is 0 Å². The molecule has 0 aliphatic heterocycles. The molecule has 0 aliphatic rings. The Morgan fingerprint density at radius 1 is 1.18 bits per heavy atom. The largest absolute Gasteiger partial charge is 0.493 e. The first kappa shape index (κ1) is 18.0. The lowest BCUT2D eigenvalue weighted by atomic mass is 10.2. The van der Waals surface area contributed by atoms with E-state index in [9.17, 15) is 4.79 Å². The Balaban J connectivity index is 2.50. The van der Waals surface area contributed by atoms with Crippen LogP contribution >= 0.6 is 12.2 Å². The molecule has 1 amide bonds.